The van der Waals surface area contributed by atoms with E-state index in [2.05, 4.69) is 15.3 Å². The number of hydrogen-bond acceptors (Lipinski definition) is 4. The predicted molar refractivity (Wildman–Crippen MR) is 84.4 cm³/mol. The van der Waals surface area contributed by atoms with Crippen LogP contribution in [0, 0.1) is 6.92 Å². The van der Waals surface area contributed by atoms with Crippen LogP contribution in [0.4, 0.5) is 0 Å². The molecule has 0 atom stereocenters. The first-order valence-corrected chi connectivity index (χ1v) is 8.29. The van der Waals surface area contributed by atoms with Crippen molar-refractivity contribution >= 4 is 17.2 Å². The van der Waals surface area contributed by atoms with E-state index in [9.17, 15) is 4.79 Å². The van der Waals surface area contributed by atoms with Gasteiger partial charge in [0.1, 0.15) is 5.69 Å². The number of thiazole rings is 1. The second kappa shape index (κ2) is 6.35. The molecule has 0 bridgehead atoms. The van der Waals surface area contributed by atoms with Crippen LogP contribution in [0.2, 0.25) is 0 Å². The van der Waals surface area contributed by atoms with Crippen LogP contribution in [0.25, 0.3) is 10.6 Å². The summed E-state index contributed by atoms with van der Waals surface area (Å²) in [5.41, 5.74) is 4.15. The van der Waals surface area contributed by atoms with Crippen LogP contribution in [0.3, 0.4) is 0 Å². The Balaban J connectivity index is 1.79. The second-order valence-corrected chi connectivity index (χ2v) is 6.48. The number of nitrogens with zero attached hydrogens (tertiary/aromatic N) is 2. The third-order valence-corrected chi connectivity index (χ3v) is 4.62. The predicted octanol–water partition coefficient (Wildman–Crippen LogP) is 3.58. The van der Waals surface area contributed by atoms with Gasteiger partial charge in [0.2, 0.25) is 0 Å². The highest BCUT2D eigenvalue weighted by atomic mass is 32.1. The van der Waals surface area contributed by atoms with E-state index in [1.807, 2.05) is 19.1 Å². The average Bonchev–Trinajstić information content (AvgIpc) is 3.02. The molecule has 1 aliphatic carbocycles. The number of nitrogens with one attached hydrogen (secondary N) is 1. The zero-order chi connectivity index (χ0) is 14.7. The van der Waals surface area contributed by atoms with Gasteiger partial charge < -0.3 is 5.32 Å². The lowest BCUT2D eigenvalue weighted by atomic mass is 9.95. The number of carbonyl (C=O) groups is 1. The van der Waals surface area contributed by atoms with Gasteiger partial charge in [-0.25, -0.2) is 4.98 Å². The van der Waals surface area contributed by atoms with Crippen LogP contribution >= 0.6 is 11.3 Å². The highest BCUT2D eigenvalue weighted by Crippen LogP contribution is 2.23. The van der Waals surface area contributed by atoms with E-state index < -0.39 is 0 Å². The smallest absolute Gasteiger partial charge is 0.270 e. The first kappa shape index (κ1) is 14.2. The molecule has 0 aliphatic heterocycles. The molecule has 2 aromatic heterocycles. The third kappa shape index (κ3) is 3.47. The Bertz CT molecular complexity index is 618. The van der Waals surface area contributed by atoms with Crippen LogP contribution in [-0.2, 0) is 0 Å². The van der Waals surface area contributed by atoms with Gasteiger partial charge in [-0.2, -0.15) is 0 Å². The molecule has 0 spiro atoms. The minimum atomic E-state index is -0.0589. The Morgan fingerprint density at radius 2 is 2.10 bits per heavy atom. The standard InChI is InChI=1S/C16H19N3OS/c1-11-7-13(15-9-17-10-21-15)19-14(8-11)16(20)18-12-5-3-2-4-6-12/h7-10,12H,2-6H2,1H3,(H,18,20). The van der Waals surface area contributed by atoms with E-state index in [1.165, 1.54) is 30.6 Å². The minimum absolute atomic E-state index is 0.0589. The minimum Gasteiger partial charge on any atom is -0.348 e. The summed E-state index contributed by atoms with van der Waals surface area (Å²) >= 11 is 1.54. The number of pyridine rings is 1. The first-order valence-electron chi connectivity index (χ1n) is 7.41. The highest BCUT2D eigenvalue weighted by Gasteiger charge is 2.18. The fourth-order valence-electron chi connectivity index (χ4n) is 2.76. The van der Waals surface area contributed by atoms with Crippen molar-refractivity contribution in [2.75, 3.05) is 0 Å². The van der Waals surface area contributed by atoms with E-state index in [1.54, 1.807) is 11.7 Å². The van der Waals surface area contributed by atoms with Gasteiger partial charge in [-0.05, 0) is 37.5 Å². The van der Waals surface area contributed by atoms with Crippen molar-refractivity contribution in [3.05, 3.63) is 35.1 Å². The van der Waals surface area contributed by atoms with Gasteiger partial charge in [0.25, 0.3) is 5.91 Å². The number of amides is 1. The Morgan fingerprint density at radius 1 is 1.29 bits per heavy atom. The Morgan fingerprint density at radius 3 is 2.81 bits per heavy atom. The lowest BCUT2D eigenvalue weighted by Gasteiger charge is -2.22. The Kier molecular flexibility index (Phi) is 4.29. The van der Waals surface area contributed by atoms with E-state index in [4.69, 9.17) is 0 Å². The summed E-state index contributed by atoms with van der Waals surface area (Å²) in [6, 6.07) is 4.15. The van der Waals surface area contributed by atoms with Crippen molar-refractivity contribution in [3.8, 4) is 10.6 Å². The van der Waals surface area contributed by atoms with Crippen molar-refractivity contribution in [2.24, 2.45) is 0 Å². The lowest BCUT2D eigenvalue weighted by molar-refractivity contribution is 0.0922. The summed E-state index contributed by atoms with van der Waals surface area (Å²) in [5, 5.41) is 3.12. The van der Waals surface area contributed by atoms with Crippen molar-refractivity contribution in [2.45, 2.75) is 45.1 Å². The lowest BCUT2D eigenvalue weighted by Crippen LogP contribution is -2.36. The number of carbonyl (C=O) groups excluding carboxylic acids is 1. The van der Waals surface area contributed by atoms with Crippen LogP contribution in [0.15, 0.2) is 23.8 Å². The van der Waals surface area contributed by atoms with Crippen LogP contribution in [0.1, 0.15) is 48.2 Å². The van der Waals surface area contributed by atoms with Crippen LogP contribution in [0.5, 0.6) is 0 Å². The maximum Gasteiger partial charge on any atom is 0.270 e. The average molecular weight is 301 g/mol. The van der Waals surface area contributed by atoms with Gasteiger partial charge in [0.15, 0.2) is 0 Å². The summed E-state index contributed by atoms with van der Waals surface area (Å²) in [6.45, 7) is 1.99. The molecule has 0 aromatic carbocycles. The highest BCUT2D eigenvalue weighted by molar-refractivity contribution is 7.13. The van der Waals surface area contributed by atoms with E-state index >= 15 is 0 Å². The third-order valence-electron chi connectivity index (χ3n) is 3.83. The maximum atomic E-state index is 12.4. The Hall–Kier alpha value is -1.75. The normalized spacial score (nSPS) is 15.9. The summed E-state index contributed by atoms with van der Waals surface area (Å²) in [7, 11) is 0. The van der Waals surface area contributed by atoms with E-state index in [-0.39, 0.29) is 5.91 Å². The molecular formula is C16H19N3OS. The molecule has 1 fully saturated rings. The fourth-order valence-corrected chi connectivity index (χ4v) is 3.34. The SMILES string of the molecule is Cc1cc(C(=O)NC2CCCCC2)nc(-c2cncs2)c1. The van der Waals surface area contributed by atoms with Crippen molar-refractivity contribution in [1.29, 1.82) is 0 Å². The Labute approximate surface area is 128 Å². The zero-order valence-corrected chi connectivity index (χ0v) is 12.9. The molecule has 0 radical (unpaired) electrons. The van der Waals surface area contributed by atoms with Gasteiger partial charge in [0.05, 0.1) is 16.1 Å². The summed E-state index contributed by atoms with van der Waals surface area (Å²) < 4.78 is 0. The molecule has 2 heterocycles. The molecule has 110 valence electrons. The molecule has 21 heavy (non-hydrogen) atoms. The molecule has 0 unspecified atom stereocenters. The van der Waals surface area contributed by atoms with Crippen molar-refractivity contribution in [1.82, 2.24) is 15.3 Å². The topological polar surface area (TPSA) is 54.9 Å². The molecule has 4 nitrogen and oxygen atoms in total. The first-order chi connectivity index (χ1) is 10.2. The second-order valence-electron chi connectivity index (χ2n) is 5.59. The van der Waals surface area contributed by atoms with E-state index in [0.29, 0.717) is 11.7 Å². The molecule has 0 saturated heterocycles. The summed E-state index contributed by atoms with van der Waals surface area (Å²) in [6.07, 6.45) is 7.65. The molecule has 1 saturated carbocycles. The fraction of sp³-hybridized carbons (Fsp3) is 0.438. The number of rotatable bonds is 3. The molecule has 5 heteroatoms. The summed E-state index contributed by atoms with van der Waals surface area (Å²) in [4.78, 5) is 22.0. The number of aromatic nitrogens is 2. The largest absolute Gasteiger partial charge is 0.348 e. The molecule has 1 N–H and O–H groups in total. The van der Waals surface area contributed by atoms with Crippen molar-refractivity contribution < 1.29 is 4.79 Å². The molecule has 1 amide bonds. The summed E-state index contributed by atoms with van der Waals surface area (Å²) in [5.74, 6) is -0.0589. The number of hydrogen-bond donors (Lipinski definition) is 1. The molecule has 2 aromatic rings. The van der Waals surface area contributed by atoms with Gasteiger partial charge >= 0.3 is 0 Å². The van der Waals surface area contributed by atoms with Crippen LogP contribution < -0.4 is 5.32 Å². The van der Waals surface area contributed by atoms with Crippen molar-refractivity contribution in [3.63, 3.8) is 0 Å². The van der Waals surface area contributed by atoms with Gasteiger partial charge in [0, 0.05) is 12.2 Å². The number of aryl methyl sites for hydroxylation is 1. The molecular weight excluding hydrogens is 282 g/mol. The van der Waals surface area contributed by atoms with E-state index in [0.717, 1.165) is 29.0 Å². The van der Waals surface area contributed by atoms with Gasteiger partial charge in [-0.3, -0.25) is 9.78 Å². The zero-order valence-electron chi connectivity index (χ0n) is 12.1. The van der Waals surface area contributed by atoms with Gasteiger partial charge in [-0.15, -0.1) is 11.3 Å². The maximum absolute atomic E-state index is 12.4. The van der Waals surface area contributed by atoms with Crippen LogP contribution in [-0.4, -0.2) is 21.9 Å². The molecule has 3 rings (SSSR count). The quantitative estimate of drug-likeness (QED) is 0.942. The molecule has 1 aliphatic rings. The van der Waals surface area contributed by atoms with Gasteiger partial charge in [-0.1, -0.05) is 19.3 Å². The monoisotopic (exact) mass is 301 g/mol.